The molecule has 3 aliphatic heterocycles. The molecule has 3 heterocycles. The van der Waals surface area contributed by atoms with Crippen LogP contribution in [0.2, 0.25) is 5.02 Å². The molecule has 0 amide bonds. The lowest BCUT2D eigenvalue weighted by Crippen LogP contribution is -2.54. The van der Waals surface area contributed by atoms with E-state index in [0.29, 0.717) is 6.04 Å². The Morgan fingerprint density at radius 1 is 0.963 bits per heavy atom. The predicted octanol–water partition coefficient (Wildman–Crippen LogP) is 5.04. The highest BCUT2D eigenvalue weighted by atomic mass is 35.5. The highest BCUT2D eigenvalue weighted by molar-refractivity contribution is 6.31. The van der Waals surface area contributed by atoms with Crippen LogP contribution in [0.3, 0.4) is 0 Å². The first-order valence-electron chi connectivity index (χ1n) is 10.0. The Kier molecular flexibility index (Phi) is 4.54. The predicted molar refractivity (Wildman–Crippen MR) is 113 cm³/mol. The van der Waals surface area contributed by atoms with Gasteiger partial charge in [-0.2, -0.15) is 0 Å². The van der Waals surface area contributed by atoms with Crippen molar-refractivity contribution in [3.8, 4) is 0 Å². The topological polar surface area (TPSA) is 30.9 Å². The van der Waals surface area contributed by atoms with Crippen LogP contribution in [0, 0.1) is 0 Å². The summed E-state index contributed by atoms with van der Waals surface area (Å²) in [6.45, 7) is 4.46. The number of anilines is 2. The number of benzene rings is 2. The van der Waals surface area contributed by atoms with E-state index in [2.05, 4.69) is 39.4 Å². The number of amidine groups is 1. The van der Waals surface area contributed by atoms with Gasteiger partial charge in [0, 0.05) is 41.9 Å². The van der Waals surface area contributed by atoms with Gasteiger partial charge in [-0.1, -0.05) is 36.6 Å². The van der Waals surface area contributed by atoms with Gasteiger partial charge in [0.2, 0.25) is 0 Å². The SMILES string of the molecule is Clc1ccc2c(c1)N=C(N1CCN3CCCCCC3C1)c1ccccc1N2. The average molecular weight is 381 g/mol. The van der Waals surface area contributed by atoms with E-state index in [1.54, 1.807) is 0 Å². The quantitative estimate of drug-likeness (QED) is 0.694. The lowest BCUT2D eigenvalue weighted by molar-refractivity contribution is 0.115. The van der Waals surface area contributed by atoms with Crippen LogP contribution in [-0.4, -0.2) is 47.9 Å². The van der Waals surface area contributed by atoms with Gasteiger partial charge in [-0.05, 0) is 49.7 Å². The van der Waals surface area contributed by atoms with E-state index in [0.717, 1.165) is 47.6 Å². The molecule has 2 aromatic carbocycles. The normalized spacial score (nSPS) is 22.5. The molecule has 0 spiro atoms. The van der Waals surface area contributed by atoms with Gasteiger partial charge in [-0.25, -0.2) is 4.99 Å². The zero-order valence-electron chi connectivity index (χ0n) is 15.5. The van der Waals surface area contributed by atoms with Crippen molar-refractivity contribution in [2.75, 3.05) is 31.5 Å². The molecule has 140 valence electrons. The van der Waals surface area contributed by atoms with Crippen molar-refractivity contribution >= 4 is 34.5 Å². The summed E-state index contributed by atoms with van der Waals surface area (Å²) in [5.74, 6) is 1.07. The summed E-state index contributed by atoms with van der Waals surface area (Å²) in [7, 11) is 0. The van der Waals surface area contributed by atoms with Crippen molar-refractivity contribution in [2.24, 2.45) is 4.99 Å². The summed E-state index contributed by atoms with van der Waals surface area (Å²) in [5.41, 5.74) is 4.21. The Bertz CT molecular complexity index is 878. The van der Waals surface area contributed by atoms with Crippen LogP contribution in [0.15, 0.2) is 47.5 Å². The van der Waals surface area contributed by atoms with Crippen molar-refractivity contribution in [1.82, 2.24) is 9.80 Å². The molecule has 0 saturated carbocycles. The molecule has 1 atom stereocenters. The molecular formula is C22H25ClN4. The number of hydrogen-bond acceptors (Lipinski definition) is 4. The molecule has 0 radical (unpaired) electrons. The monoisotopic (exact) mass is 380 g/mol. The van der Waals surface area contributed by atoms with Gasteiger partial charge < -0.3 is 10.2 Å². The number of hydrogen-bond donors (Lipinski definition) is 1. The Balaban J connectivity index is 1.55. The first-order valence-corrected chi connectivity index (χ1v) is 10.4. The van der Waals surface area contributed by atoms with E-state index in [1.807, 2.05) is 18.2 Å². The number of halogens is 1. The van der Waals surface area contributed by atoms with Crippen LogP contribution in [0.1, 0.15) is 31.2 Å². The summed E-state index contributed by atoms with van der Waals surface area (Å²) < 4.78 is 0. The lowest BCUT2D eigenvalue weighted by atomic mass is 10.1. The van der Waals surface area contributed by atoms with Crippen LogP contribution >= 0.6 is 11.6 Å². The Labute approximate surface area is 165 Å². The molecule has 5 heteroatoms. The van der Waals surface area contributed by atoms with E-state index in [-0.39, 0.29) is 0 Å². The van der Waals surface area contributed by atoms with E-state index < -0.39 is 0 Å². The molecule has 5 rings (SSSR count). The lowest BCUT2D eigenvalue weighted by Gasteiger charge is -2.42. The van der Waals surface area contributed by atoms with E-state index in [4.69, 9.17) is 16.6 Å². The fourth-order valence-corrected chi connectivity index (χ4v) is 4.74. The number of para-hydroxylation sites is 1. The van der Waals surface area contributed by atoms with Crippen molar-refractivity contribution in [3.63, 3.8) is 0 Å². The fourth-order valence-electron chi connectivity index (χ4n) is 4.58. The van der Waals surface area contributed by atoms with Gasteiger partial charge in [0.1, 0.15) is 5.84 Å². The van der Waals surface area contributed by atoms with E-state index in [1.165, 1.54) is 37.8 Å². The number of nitrogens with one attached hydrogen (secondary N) is 1. The molecule has 0 aliphatic carbocycles. The van der Waals surface area contributed by atoms with Crippen LogP contribution < -0.4 is 5.32 Å². The maximum Gasteiger partial charge on any atom is 0.138 e. The molecule has 4 nitrogen and oxygen atoms in total. The fraction of sp³-hybridized carbons (Fsp3) is 0.409. The maximum absolute atomic E-state index is 6.27. The number of aliphatic imine (C=N–C) groups is 1. The molecule has 1 N–H and O–H groups in total. The Morgan fingerprint density at radius 3 is 2.85 bits per heavy atom. The molecule has 2 aromatic rings. The van der Waals surface area contributed by atoms with Crippen LogP contribution in [-0.2, 0) is 0 Å². The third kappa shape index (κ3) is 3.32. The second kappa shape index (κ2) is 7.17. The average Bonchev–Trinajstić information content (AvgIpc) is 3.01. The minimum absolute atomic E-state index is 0.645. The van der Waals surface area contributed by atoms with Gasteiger partial charge in [0.05, 0.1) is 11.4 Å². The third-order valence-corrected chi connectivity index (χ3v) is 6.25. The van der Waals surface area contributed by atoms with Crippen molar-refractivity contribution in [1.29, 1.82) is 0 Å². The van der Waals surface area contributed by atoms with Crippen molar-refractivity contribution in [3.05, 3.63) is 53.1 Å². The molecule has 2 fully saturated rings. The molecule has 2 saturated heterocycles. The van der Waals surface area contributed by atoms with Gasteiger partial charge >= 0.3 is 0 Å². The van der Waals surface area contributed by atoms with Crippen LogP contribution in [0.4, 0.5) is 17.1 Å². The van der Waals surface area contributed by atoms with Gasteiger partial charge in [-0.15, -0.1) is 0 Å². The summed E-state index contributed by atoms with van der Waals surface area (Å²) in [4.78, 5) is 10.3. The summed E-state index contributed by atoms with van der Waals surface area (Å²) in [6.07, 6.45) is 5.35. The van der Waals surface area contributed by atoms with E-state index in [9.17, 15) is 0 Å². The largest absolute Gasteiger partial charge is 0.353 e. The number of piperazine rings is 1. The highest BCUT2D eigenvalue weighted by Crippen LogP contribution is 2.37. The first-order chi connectivity index (χ1) is 13.3. The van der Waals surface area contributed by atoms with Gasteiger partial charge in [0.25, 0.3) is 0 Å². The third-order valence-electron chi connectivity index (χ3n) is 6.01. The van der Waals surface area contributed by atoms with Crippen molar-refractivity contribution in [2.45, 2.75) is 31.7 Å². The first kappa shape index (κ1) is 17.1. The Hall–Kier alpha value is -2.04. The zero-order valence-corrected chi connectivity index (χ0v) is 16.3. The van der Waals surface area contributed by atoms with Crippen LogP contribution in [0.25, 0.3) is 0 Å². The molecule has 0 bridgehead atoms. The second-order valence-electron chi connectivity index (χ2n) is 7.75. The summed E-state index contributed by atoms with van der Waals surface area (Å²) in [5, 5.41) is 4.28. The molecule has 1 unspecified atom stereocenters. The zero-order chi connectivity index (χ0) is 18.2. The molecule has 3 aliphatic rings. The highest BCUT2D eigenvalue weighted by Gasteiger charge is 2.31. The second-order valence-corrected chi connectivity index (χ2v) is 8.19. The van der Waals surface area contributed by atoms with Crippen LogP contribution in [0.5, 0.6) is 0 Å². The van der Waals surface area contributed by atoms with Gasteiger partial charge in [-0.3, -0.25) is 4.90 Å². The number of nitrogens with zero attached hydrogens (tertiary/aromatic N) is 3. The van der Waals surface area contributed by atoms with Crippen molar-refractivity contribution < 1.29 is 0 Å². The smallest absolute Gasteiger partial charge is 0.138 e. The molecular weight excluding hydrogens is 356 g/mol. The van der Waals surface area contributed by atoms with E-state index >= 15 is 0 Å². The summed E-state index contributed by atoms with van der Waals surface area (Å²) >= 11 is 6.27. The molecule has 0 aromatic heterocycles. The Morgan fingerprint density at radius 2 is 1.89 bits per heavy atom. The standard InChI is InChI=1S/C22H25ClN4/c23-16-9-10-20-21(14-16)25-22(18-7-3-4-8-19(18)24-20)27-13-12-26-11-5-1-2-6-17(26)15-27/h3-4,7-10,14,17,24H,1-2,5-6,11-13,15H2. The minimum atomic E-state index is 0.645. The maximum atomic E-state index is 6.27. The minimum Gasteiger partial charge on any atom is -0.353 e. The number of fused-ring (bicyclic) bond motifs is 3. The summed E-state index contributed by atoms with van der Waals surface area (Å²) in [6, 6.07) is 15.0. The van der Waals surface area contributed by atoms with Gasteiger partial charge in [0.15, 0.2) is 0 Å². The molecule has 27 heavy (non-hydrogen) atoms. The number of rotatable bonds is 0.